The topological polar surface area (TPSA) is 52.3 Å². The second kappa shape index (κ2) is 5.11. The third kappa shape index (κ3) is 3.20. The second-order valence-electron chi connectivity index (χ2n) is 2.99. The first kappa shape index (κ1) is 12.0. The maximum absolute atomic E-state index is 13.2. The molecule has 1 aromatic carbocycles. The Morgan fingerprint density at radius 1 is 1.67 bits per heavy atom. The zero-order valence-corrected chi connectivity index (χ0v) is 9.75. The van der Waals surface area contributed by atoms with Crippen molar-refractivity contribution in [1.29, 1.82) is 0 Å². The van der Waals surface area contributed by atoms with Crippen molar-refractivity contribution >= 4 is 21.8 Å². The van der Waals surface area contributed by atoms with E-state index in [-0.39, 0.29) is 5.75 Å². The van der Waals surface area contributed by atoms with Crippen molar-refractivity contribution in [1.82, 2.24) is 0 Å². The Hall–Kier alpha value is -1.10. The van der Waals surface area contributed by atoms with Crippen LogP contribution in [0.15, 0.2) is 22.7 Å². The highest BCUT2D eigenvalue weighted by Crippen LogP contribution is 2.23. The number of carbonyl (C=O) groups is 1. The first-order valence-electron chi connectivity index (χ1n) is 4.45. The van der Waals surface area contributed by atoms with Gasteiger partial charge in [0, 0.05) is 4.47 Å². The molecule has 1 aromatic rings. The number of carbonyl (C=O) groups excluding carboxylic acids is 1. The average Bonchev–Trinajstić information content (AvgIpc) is 2.18. The minimum atomic E-state index is -0.797. The van der Waals surface area contributed by atoms with Gasteiger partial charge in [0.2, 0.25) is 0 Å². The molecule has 0 saturated carbocycles. The van der Waals surface area contributed by atoms with Crippen molar-refractivity contribution in [2.45, 2.75) is 19.4 Å². The Bertz CT molecular complexity index is 370. The molecule has 1 amide bonds. The molecule has 0 fully saturated rings. The van der Waals surface area contributed by atoms with E-state index in [1.165, 1.54) is 12.1 Å². The van der Waals surface area contributed by atoms with Crippen LogP contribution in [0.4, 0.5) is 4.39 Å². The van der Waals surface area contributed by atoms with E-state index in [9.17, 15) is 9.18 Å². The minimum Gasteiger partial charge on any atom is -0.478 e. The van der Waals surface area contributed by atoms with Crippen molar-refractivity contribution in [2.24, 2.45) is 5.73 Å². The van der Waals surface area contributed by atoms with Gasteiger partial charge < -0.3 is 10.5 Å². The van der Waals surface area contributed by atoms with E-state index in [0.717, 1.165) is 0 Å². The molecular formula is C10H11BrFNO2. The van der Waals surface area contributed by atoms with Crippen LogP contribution in [0.5, 0.6) is 5.75 Å². The van der Waals surface area contributed by atoms with E-state index in [0.29, 0.717) is 10.9 Å². The lowest BCUT2D eigenvalue weighted by Gasteiger charge is -2.14. The van der Waals surface area contributed by atoms with E-state index in [4.69, 9.17) is 10.5 Å². The minimum absolute atomic E-state index is 0.0232. The lowest BCUT2D eigenvalue weighted by Crippen LogP contribution is -2.33. The SMILES string of the molecule is CC[C@@H](Oc1cc(Br)ccc1F)C(N)=O. The van der Waals surface area contributed by atoms with Gasteiger partial charge in [0.05, 0.1) is 0 Å². The van der Waals surface area contributed by atoms with Crippen molar-refractivity contribution < 1.29 is 13.9 Å². The molecule has 5 heteroatoms. The van der Waals surface area contributed by atoms with Crippen LogP contribution in [0.3, 0.4) is 0 Å². The summed E-state index contributed by atoms with van der Waals surface area (Å²) < 4.78 is 19.1. The Kier molecular flexibility index (Phi) is 4.08. The first-order valence-corrected chi connectivity index (χ1v) is 5.25. The fourth-order valence-electron chi connectivity index (χ4n) is 1.06. The van der Waals surface area contributed by atoms with Gasteiger partial charge in [0.25, 0.3) is 5.91 Å². The number of halogens is 2. The van der Waals surface area contributed by atoms with E-state index in [1.54, 1.807) is 13.0 Å². The predicted octanol–water partition coefficient (Wildman–Crippen LogP) is 2.23. The lowest BCUT2D eigenvalue weighted by molar-refractivity contribution is -0.124. The van der Waals surface area contributed by atoms with Crippen LogP contribution in [0, 0.1) is 5.82 Å². The molecule has 1 atom stereocenters. The highest BCUT2D eigenvalue weighted by molar-refractivity contribution is 9.10. The smallest absolute Gasteiger partial charge is 0.258 e. The van der Waals surface area contributed by atoms with Gasteiger partial charge in [0.15, 0.2) is 17.7 Å². The third-order valence-corrected chi connectivity index (χ3v) is 2.34. The van der Waals surface area contributed by atoms with Gasteiger partial charge in [-0.05, 0) is 24.6 Å². The molecule has 3 nitrogen and oxygen atoms in total. The Labute approximate surface area is 95.5 Å². The number of ether oxygens (including phenoxy) is 1. The maximum Gasteiger partial charge on any atom is 0.258 e. The number of hydrogen-bond acceptors (Lipinski definition) is 2. The molecule has 2 N–H and O–H groups in total. The fourth-order valence-corrected chi connectivity index (χ4v) is 1.40. The van der Waals surface area contributed by atoms with E-state index in [1.807, 2.05) is 0 Å². The molecule has 0 aliphatic carbocycles. The van der Waals surface area contributed by atoms with Crippen LogP contribution < -0.4 is 10.5 Å². The van der Waals surface area contributed by atoms with Gasteiger partial charge in [-0.1, -0.05) is 22.9 Å². The second-order valence-corrected chi connectivity index (χ2v) is 3.91. The van der Waals surface area contributed by atoms with Crippen LogP contribution in [-0.4, -0.2) is 12.0 Å². The zero-order valence-electron chi connectivity index (χ0n) is 8.17. The Balaban J connectivity index is 2.87. The maximum atomic E-state index is 13.2. The molecule has 0 unspecified atom stereocenters. The van der Waals surface area contributed by atoms with E-state index in [2.05, 4.69) is 15.9 Å². The molecule has 0 aromatic heterocycles. The standard InChI is InChI=1S/C10H11BrFNO2/c1-2-8(10(13)14)15-9-5-6(11)3-4-7(9)12/h3-5,8H,2H2,1H3,(H2,13,14)/t8-/m1/s1. The molecule has 1 rings (SSSR count). The summed E-state index contributed by atoms with van der Waals surface area (Å²) in [5, 5.41) is 0. The summed E-state index contributed by atoms with van der Waals surface area (Å²) in [6.45, 7) is 1.74. The number of amides is 1. The highest BCUT2D eigenvalue weighted by Gasteiger charge is 2.16. The largest absolute Gasteiger partial charge is 0.478 e. The van der Waals surface area contributed by atoms with Crippen LogP contribution in [0.1, 0.15) is 13.3 Å². The van der Waals surface area contributed by atoms with Gasteiger partial charge >= 0.3 is 0 Å². The van der Waals surface area contributed by atoms with Gasteiger partial charge in [-0.25, -0.2) is 4.39 Å². The van der Waals surface area contributed by atoms with Crippen LogP contribution in [0.25, 0.3) is 0 Å². The molecule has 0 aliphatic rings. The highest BCUT2D eigenvalue weighted by atomic mass is 79.9. The number of rotatable bonds is 4. The molecule has 15 heavy (non-hydrogen) atoms. The van der Waals surface area contributed by atoms with Crippen molar-refractivity contribution in [3.05, 3.63) is 28.5 Å². The lowest BCUT2D eigenvalue weighted by atomic mass is 10.2. The Morgan fingerprint density at radius 2 is 2.33 bits per heavy atom. The molecule has 82 valence electrons. The summed E-state index contributed by atoms with van der Waals surface area (Å²) >= 11 is 3.18. The van der Waals surface area contributed by atoms with Crippen molar-refractivity contribution in [3.8, 4) is 5.75 Å². The number of hydrogen-bond donors (Lipinski definition) is 1. The normalized spacial score (nSPS) is 12.2. The van der Waals surface area contributed by atoms with Gasteiger partial charge in [-0.15, -0.1) is 0 Å². The van der Waals surface area contributed by atoms with E-state index >= 15 is 0 Å². The molecule has 0 radical (unpaired) electrons. The van der Waals surface area contributed by atoms with Crippen molar-refractivity contribution in [2.75, 3.05) is 0 Å². The summed E-state index contributed by atoms with van der Waals surface area (Å²) in [4.78, 5) is 10.9. The molecule has 0 aliphatic heterocycles. The summed E-state index contributed by atoms with van der Waals surface area (Å²) in [5.41, 5.74) is 5.09. The first-order chi connectivity index (χ1) is 7.04. The summed E-state index contributed by atoms with van der Waals surface area (Å²) in [6.07, 6.45) is -0.393. The predicted molar refractivity (Wildman–Crippen MR) is 58.0 cm³/mol. The molecular weight excluding hydrogens is 265 g/mol. The van der Waals surface area contributed by atoms with Crippen LogP contribution >= 0.6 is 15.9 Å². The summed E-state index contributed by atoms with van der Waals surface area (Å²) in [6, 6.07) is 4.27. The summed E-state index contributed by atoms with van der Waals surface area (Å²) in [5.74, 6) is -1.09. The Morgan fingerprint density at radius 3 is 2.87 bits per heavy atom. The van der Waals surface area contributed by atoms with Gasteiger partial charge in [-0.3, -0.25) is 4.79 Å². The van der Waals surface area contributed by atoms with E-state index < -0.39 is 17.8 Å². The van der Waals surface area contributed by atoms with Crippen LogP contribution in [-0.2, 0) is 4.79 Å². The average molecular weight is 276 g/mol. The molecule has 0 spiro atoms. The van der Waals surface area contributed by atoms with Crippen molar-refractivity contribution in [3.63, 3.8) is 0 Å². The summed E-state index contributed by atoms with van der Waals surface area (Å²) in [7, 11) is 0. The third-order valence-electron chi connectivity index (χ3n) is 1.85. The van der Waals surface area contributed by atoms with Crippen LogP contribution in [0.2, 0.25) is 0 Å². The molecule has 0 bridgehead atoms. The van der Waals surface area contributed by atoms with Gasteiger partial charge in [-0.2, -0.15) is 0 Å². The quantitative estimate of drug-likeness (QED) is 0.916. The number of nitrogens with two attached hydrogens (primary N) is 1. The number of primary amides is 1. The van der Waals surface area contributed by atoms with Gasteiger partial charge in [0.1, 0.15) is 0 Å². The zero-order chi connectivity index (χ0) is 11.4. The molecule has 0 heterocycles. The monoisotopic (exact) mass is 275 g/mol. The number of benzene rings is 1. The fraction of sp³-hybridized carbons (Fsp3) is 0.300. The molecule has 0 saturated heterocycles.